The largest absolute Gasteiger partial charge is 0.390 e. The summed E-state index contributed by atoms with van der Waals surface area (Å²) in [5.74, 6) is 0. The molecular formula is C13H27NO. The van der Waals surface area contributed by atoms with E-state index in [-0.39, 0.29) is 0 Å². The van der Waals surface area contributed by atoms with E-state index in [0.717, 1.165) is 19.0 Å². The molecule has 0 saturated carbocycles. The lowest BCUT2D eigenvalue weighted by Crippen LogP contribution is -2.41. The minimum Gasteiger partial charge on any atom is -0.390 e. The highest BCUT2D eigenvalue weighted by molar-refractivity contribution is 4.78. The molecule has 0 aromatic rings. The van der Waals surface area contributed by atoms with Gasteiger partial charge in [-0.15, -0.1) is 0 Å². The van der Waals surface area contributed by atoms with Crippen LogP contribution in [0.15, 0.2) is 0 Å². The van der Waals surface area contributed by atoms with E-state index in [0.29, 0.717) is 0 Å². The van der Waals surface area contributed by atoms with Crippen molar-refractivity contribution in [2.75, 3.05) is 13.1 Å². The molecular weight excluding hydrogens is 186 g/mol. The highest BCUT2D eigenvalue weighted by Gasteiger charge is 2.23. The van der Waals surface area contributed by atoms with Crippen molar-refractivity contribution in [1.82, 2.24) is 4.90 Å². The summed E-state index contributed by atoms with van der Waals surface area (Å²) in [6, 6.07) is 0.783. The molecule has 90 valence electrons. The number of piperidine rings is 1. The molecule has 2 heteroatoms. The van der Waals surface area contributed by atoms with Gasteiger partial charge in [0.2, 0.25) is 0 Å². The Morgan fingerprint density at radius 3 is 2.67 bits per heavy atom. The average Bonchev–Trinajstić information content (AvgIpc) is 2.16. The van der Waals surface area contributed by atoms with Crippen molar-refractivity contribution in [2.45, 2.75) is 70.9 Å². The maximum Gasteiger partial charge on any atom is 0.0603 e. The summed E-state index contributed by atoms with van der Waals surface area (Å²) in [5.41, 5.74) is -0.506. The molecule has 1 atom stereocenters. The van der Waals surface area contributed by atoms with Crippen molar-refractivity contribution in [3.05, 3.63) is 0 Å². The molecule has 1 aliphatic rings. The van der Waals surface area contributed by atoms with Gasteiger partial charge in [0.15, 0.2) is 0 Å². The summed E-state index contributed by atoms with van der Waals surface area (Å²) in [4.78, 5) is 2.59. The normalized spacial score (nSPS) is 24.4. The summed E-state index contributed by atoms with van der Waals surface area (Å²) in [5, 5.41) is 9.74. The number of likely N-dealkylation sites (tertiary alicyclic amines) is 1. The predicted molar refractivity (Wildman–Crippen MR) is 65.0 cm³/mol. The summed E-state index contributed by atoms with van der Waals surface area (Å²) in [7, 11) is 0. The summed E-state index contributed by atoms with van der Waals surface area (Å²) in [6.45, 7) is 8.38. The first-order valence-electron chi connectivity index (χ1n) is 6.49. The first kappa shape index (κ1) is 13.0. The van der Waals surface area contributed by atoms with Crippen LogP contribution in [0, 0.1) is 0 Å². The van der Waals surface area contributed by atoms with Crippen LogP contribution in [0.2, 0.25) is 0 Å². The van der Waals surface area contributed by atoms with Crippen LogP contribution in [0.25, 0.3) is 0 Å². The van der Waals surface area contributed by atoms with Crippen LogP contribution in [0.4, 0.5) is 0 Å². The van der Waals surface area contributed by atoms with Crippen LogP contribution in [-0.4, -0.2) is 34.7 Å². The van der Waals surface area contributed by atoms with Gasteiger partial charge in [-0.25, -0.2) is 0 Å². The van der Waals surface area contributed by atoms with Crippen molar-refractivity contribution in [3.8, 4) is 0 Å². The van der Waals surface area contributed by atoms with Crippen LogP contribution >= 0.6 is 0 Å². The Kier molecular flexibility index (Phi) is 5.07. The molecule has 15 heavy (non-hydrogen) atoms. The molecule has 1 saturated heterocycles. The maximum atomic E-state index is 9.74. The Morgan fingerprint density at radius 2 is 2.07 bits per heavy atom. The van der Waals surface area contributed by atoms with E-state index in [4.69, 9.17) is 0 Å². The fourth-order valence-electron chi connectivity index (χ4n) is 2.43. The van der Waals surface area contributed by atoms with Crippen molar-refractivity contribution in [2.24, 2.45) is 0 Å². The SMILES string of the molecule is CCCC1CCCCN1CCC(C)(C)O. The van der Waals surface area contributed by atoms with Gasteiger partial charge >= 0.3 is 0 Å². The fourth-order valence-corrected chi connectivity index (χ4v) is 2.43. The first-order valence-corrected chi connectivity index (χ1v) is 6.49. The molecule has 0 aliphatic carbocycles. The van der Waals surface area contributed by atoms with Crippen LogP contribution in [0.3, 0.4) is 0 Å². The second-order valence-electron chi connectivity index (χ2n) is 5.54. The molecule has 1 unspecified atom stereocenters. The quantitative estimate of drug-likeness (QED) is 0.759. The number of hydrogen-bond donors (Lipinski definition) is 1. The second kappa shape index (κ2) is 5.86. The zero-order chi connectivity index (χ0) is 11.3. The molecule has 0 aromatic heterocycles. The zero-order valence-electron chi connectivity index (χ0n) is 10.6. The van der Waals surface area contributed by atoms with Gasteiger partial charge in [-0.3, -0.25) is 0 Å². The van der Waals surface area contributed by atoms with Gasteiger partial charge in [0.25, 0.3) is 0 Å². The van der Waals surface area contributed by atoms with Crippen molar-refractivity contribution in [3.63, 3.8) is 0 Å². The number of aliphatic hydroxyl groups is 1. The van der Waals surface area contributed by atoms with E-state index in [1.807, 2.05) is 13.8 Å². The number of rotatable bonds is 5. The van der Waals surface area contributed by atoms with Crippen LogP contribution in [0.5, 0.6) is 0 Å². The van der Waals surface area contributed by atoms with Gasteiger partial charge in [0.05, 0.1) is 5.60 Å². The number of hydrogen-bond acceptors (Lipinski definition) is 2. The molecule has 1 fully saturated rings. The van der Waals surface area contributed by atoms with E-state index in [1.54, 1.807) is 0 Å². The van der Waals surface area contributed by atoms with Gasteiger partial charge in [-0.2, -0.15) is 0 Å². The topological polar surface area (TPSA) is 23.5 Å². The maximum absolute atomic E-state index is 9.74. The highest BCUT2D eigenvalue weighted by atomic mass is 16.3. The molecule has 0 bridgehead atoms. The molecule has 0 aromatic carbocycles. The molecule has 0 spiro atoms. The van der Waals surface area contributed by atoms with E-state index in [2.05, 4.69) is 11.8 Å². The molecule has 1 heterocycles. The molecule has 1 N–H and O–H groups in total. The average molecular weight is 213 g/mol. The molecule has 2 nitrogen and oxygen atoms in total. The Hall–Kier alpha value is -0.0800. The van der Waals surface area contributed by atoms with Gasteiger partial charge in [-0.1, -0.05) is 19.8 Å². The predicted octanol–water partition coefficient (Wildman–Crippen LogP) is 2.80. The third-order valence-electron chi connectivity index (χ3n) is 3.38. The monoisotopic (exact) mass is 213 g/mol. The standard InChI is InChI=1S/C13H27NO/c1-4-7-12-8-5-6-10-14(12)11-9-13(2,3)15/h12,15H,4-11H2,1-3H3. The van der Waals surface area contributed by atoms with Crippen molar-refractivity contribution >= 4 is 0 Å². The lowest BCUT2D eigenvalue weighted by molar-refractivity contribution is 0.0429. The minimum atomic E-state index is -0.506. The summed E-state index contributed by atoms with van der Waals surface area (Å²) < 4.78 is 0. The second-order valence-corrected chi connectivity index (χ2v) is 5.54. The van der Waals surface area contributed by atoms with Crippen LogP contribution < -0.4 is 0 Å². The van der Waals surface area contributed by atoms with E-state index >= 15 is 0 Å². The summed E-state index contributed by atoms with van der Waals surface area (Å²) >= 11 is 0. The van der Waals surface area contributed by atoms with Crippen molar-refractivity contribution < 1.29 is 5.11 Å². The van der Waals surface area contributed by atoms with E-state index in [1.165, 1.54) is 38.6 Å². The Bertz CT molecular complexity index is 172. The van der Waals surface area contributed by atoms with E-state index < -0.39 is 5.60 Å². The minimum absolute atomic E-state index is 0.506. The zero-order valence-corrected chi connectivity index (χ0v) is 10.6. The molecule has 1 rings (SSSR count). The van der Waals surface area contributed by atoms with Crippen LogP contribution in [0.1, 0.15) is 59.3 Å². The highest BCUT2D eigenvalue weighted by Crippen LogP contribution is 2.22. The van der Waals surface area contributed by atoms with Gasteiger partial charge in [0, 0.05) is 12.6 Å². The van der Waals surface area contributed by atoms with Crippen molar-refractivity contribution in [1.29, 1.82) is 0 Å². The Labute approximate surface area is 94.7 Å². The van der Waals surface area contributed by atoms with E-state index in [9.17, 15) is 5.11 Å². The lowest BCUT2D eigenvalue weighted by atomic mass is 9.96. The Morgan fingerprint density at radius 1 is 1.33 bits per heavy atom. The Balaban J connectivity index is 2.35. The third-order valence-corrected chi connectivity index (χ3v) is 3.38. The number of nitrogens with zero attached hydrogens (tertiary/aromatic N) is 1. The van der Waals surface area contributed by atoms with Gasteiger partial charge < -0.3 is 10.0 Å². The molecule has 1 aliphatic heterocycles. The third kappa shape index (κ3) is 4.98. The molecule has 0 radical (unpaired) electrons. The van der Waals surface area contributed by atoms with Gasteiger partial charge in [-0.05, 0) is 46.1 Å². The summed E-state index contributed by atoms with van der Waals surface area (Å²) in [6.07, 6.45) is 7.60. The fraction of sp³-hybridized carbons (Fsp3) is 1.00. The van der Waals surface area contributed by atoms with Crippen LogP contribution in [-0.2, 0) is 0 Å². The van der Waals surface area contributed by atoms with Gasteiger partial charge in [0.1, 0.15) is 0 Å². The first-order chi connectivity index (χ1) is 7.03. The lowest BCUT2D eigenvalue weighted by Gasteiger charge is -2.37. The molecule has 0 amide bonds. The smallest absolute Gasteiger partial charge is 0.0603 e.